The molecule has 0 bridgehead atoms. The van der Waals surface area contributed by atoms with Crippen molar-refractivity contribution in [1.82, 2.24) is 4.98 Å². The lowest BCUT2D eigenvalue weighted by molar-refractivity contribution is -0.111. The van der Waals surface area contributed by atoms with Crippen LogP contribution in [0.3, 0.4) is 0 Å². The van der Waals surface area contributed by atoms with Gasteiger partial charge in [-0.25, -0.2) is 0 Å². The molecule has 202 valence electrons. The highest BCUT2D eigenvalue weighted by atomic mass is 35.5. The number of benzene rings is 3. The summed E-state index contributed by atoms with van der Waals surface area (Å²) in [4.78, 5) is 17.9. The smallest absolute Gasteiger partial charge is 0.248 e. The van der Waals surface area contributed by atoms with Gasteiger partial charge in [0.15, 0.2) is 0 Å². The van der Waals surface area contributed by atoms with Gasteiger partial charge in [0, 0.05) is 38.7 Å². The fourth-order valence-electron chi connectivity index (χ4n) is 4.95. The Kier molecular flexibility index (Phi) is 7.64. The van der Waals surface area contributed by atoms with E-state index in [4.69, 9.17) is 11.6 Å². The minimum atomic E-state index is -0.281. The van der Waals surface area contributed by atoms with Crippen molar-refractivity contribution in [2.75, 3.05) is 5.32 Å². The zero-order chi connectivity index (χ0) is 28.7. The van der Waals surface area contributed by atoms with Gasteiger partial charge in [-0.2, -0.15) is 0 Å². The maximum absolute atomic E-state index is 13.2. The van der Waals surface area contributed by atoms with Crippen LogP contribution in [-0.2, 0) is 15.6 Å². The van der Waals surface area contributed by atoms with Crippen molar-refractivity contribution in [2.45, 2.75) is 66.2 Å². The summed E-state index contributed by atoms with van der Waals surface area (Å²) >= 11 is 6.64. The van der Waals surface area contributed by atoms with Gasteiger partial charge in [0.1, 0.15) is 5.75 Å². The van der Waals surface area contributed by atoms with E-state index in [1.807, 2.05) is 50.2 Å². The van der Waals surface area contributed by atoms with E-state index in [-0.39, 0.29) is 16.7 Å². The lowest BCUT2D eigenvalue weighted by Crippen LogP contribution is -2.17. The van der Waals surface area contributed by atoms with Gasteiger partial charge in [-0.1, -0.05) is 83.0 Å². The molecule has 2 N–H and O–H groups in total. The molecule has 0 spiro atoms. The van der Waals surface area contributed by atoms with Crippen LogP contribution in [-0.4, -0.2) is 16.0 Å². The number of hydrogen-bond acceptors (Lipinski definition) is 3. The van der Waals surface area contributed by atoms with Gasteiger partial charge in [0.05, 0.1) is 17.4 Å². The molecule has 5 heteroatoms. The Hall–Kier alpha value is -3.63. The molecule has 4 aromatic rings. The first-order valence-corrected chi connectivity index (χ1v) is 13.6. The van der Waals surface area contributed by atoms with Crippen molar-refractivity contribution < 1.29 is 9.90 Å². The van der Waals surface area contributed by atoms with E-state index in [9.17, 15) is 9.90 Å². The van der Waals surface area contributed by atoms with Crippen LogP contribution in [0.1, 0.15) is 69.4 Å². The highest BCUT2D eigenvalue weighted by Gasteiger charge is 2.26. The monoisotopic (exact) mass is 540 g/mol. The molecule has 1 heterocycles. The Balaban J connectivity index is 1.77. The number of rotatable bonds is 4. The zero-order valence-corrected chi connectivity index (χ0v) is 24.8. The lowest BCUT2D eigenvalue weighted by atomic mass is 9.78. The van der Waals surface area contributed by atoms with E-state index >= 15 is 0 Å². The molecule has 0 aliphatic heterocycles. The van der Waals surface area contributed by atoms with Gasteiger partial charge in [-0.05, 0) is 66.1 Å². The summed E-state index contributed by atoms with van der Waals surface area (Å²) in [7, 11) is 0. The normalized spacial score (nSPS) is 12.3. The first kappa shape index (κ1) is 28.4. The largest absolute Gasteiger partial charge is 0.507 e. The third kappa shape index (κ3) is 6.02. The van der Waals surface area contributed by atoms with E-state index in [0.29, 0.717) is 16.5 Å². The quantitative estimate of drug-likeness (QED) is 0.254. The summed E-state index contributed by atoms with van der Waals surface area (Å²) in [5.41, 5.74) is 7.34. The summed E-state index contributed by atoms with van der Waals surface area (Å²) in [6.45, 7) is 16.5. The second-order valence-corrected chi connectivity index (χ2v) is 12.7. The van der Waals surface area contributed by atoms with Crippen molar-refractivity contribution in [2.24, 2.45) is 0 Å². The van der Waals surface area contributed by atoms with E-state index < -0.39 is 0 Å². The van der Waals surface area contributed by atoms with Crippen LogP contribution in [0.25, 0.3) is 28.1 Å². The van der Waals surface area contributed by atoms with Crippen LogP contribution in [0.5, 0.6) is 5.75 Å². The zero-order valence-electron chi connectivity index (χ0n) is 24.0. The van der Waals surface area contributed by atoms with Crippen LogP contribution in [0, 0.1) is 13.8 Å². The third-order valence-electron chi connectivity index (χ3n) is 6.88. The van der Waals surface area contributed by atoms with Crippen molar-refractivity contribution in [3.63, 3.8) is 0 Å². The van der Waals surface area contributed by atoms with E-state index in [1.54, 1.807) is 12.3 Å². The van der Waals surface area contributed by atoms with E-state index in [1.165, 1.54) is 6.08 Å². The van der Waals surface area contributed by atoms with Gasteiger partial charge < -0.3 is 10.4 Å². The Morgan fingerprint density at radius 1 is 0.949 bits per heavy atom. The van der Waals surface area contributed by atoms with E-state index in [2.05, 4.69) is 64.0 Å². The average molecular weight is 541 g/mol. The number of aromatic hydroxyl groups is 1. The number of anilines is 1. The van der Waals surface area contributed by atoms with Crippen molar-refractivity contribution in [3.8, 4) is 16.9 Å². The second kappa shape index (κ2) is 10.5. The highest BCUT2D eigenvalue weighted by Crippen LogP contribution is 2.41. The fraction of sp³-hybridized carbons (Fsp3) is 0.294. The highest BCUT2D eigenvalue weighted by molar-refractivity contribution is 6.34. The summed E-state index contributed by atoms with van der Waals surface area (Å²) < 4.78 is 0. The topological polar surface area (TPSA) is 62.2 Å². The third-order valence-corrected chi connectivity index (χ3v) is 7.21. The Bertz CT molecular complexity index is 1570. The number of aryl methyl sites for hydroxylation is 2. The molecular weight excluding hydrogens is 504 g/mol. The lowest BCUT2D eigenvalue weighted by Gasteiger charge is -2.27. The molecule has 3 aromatic carbocycles. The van der Waals surface area contributed by atoms with Crippen molar-refractivity contribution in [1.29, 1.82) is 0 Å². The van der Waals surface area contributed by atoms with Crippen LogP contribution >= 0.6 is 11.6 Å². The molecule has 0 atom stereocenters. The van der Waals surface area contributed by atoms with Gasteiger partial charge in [0.25, 0.3) is 0 Å². The molecule has 0 aliphatic carbocycles. The number of pyridine rings is 1. The molecule has 4 rings (SSSR count). The number of nitrogens with one attached hydrogen (secondary N) is 1. The average Bonchev–Trinajstić information content (AvgIpc) is 2.82. The summed E-state index contributed by atoms with van der Waals surface area (Å²) in [5, 5.41) is 15.6. The predicted molar refractivity (Wildman–Crippen MR) is 165 cm³/mol. The van der Waals surface area contributed by atoms with Crippen molar-refractivity contribution in [3.05, 3.63) is 93.6 Å². The number of nitrogens with zero attached hydrogens (tertiary/aromatic N) is 1. The SMILES string of the molecule is Cc1cc(C)c2ncc(NC(=O)C=Cc3cc(C(C)(C)C)c(O)c(C(C)(C)C)c3)c(-c3ccccc3Cl)c2c1. The molecule has 0 unspecified atom stereocenters. The Morgan fingerprint density at radius 3 is 2.15 bits per heavy atom. The number of aromatic nitrogens is 1. The number of halogens is 1. The van der Waals surface area contributed by atoms with Crippen LogP contribution in [0.2, 0.25) is 5.02 Å². The number of amides is 1. The number of hydrogen-bond donors (Lipinski definition) is 2. The maximum Gasteiger partial charge on any atom is 0.248 e. The standard InChI is InChI=1S/C34H37ClN2O2/c1-20-15-21(2)31-24(16-20)30(23-11-9-10-12-27(23)35)28(19-36-31)37-29(38)14-13-22-17-25(33(3,4)5)32(39)26(18-22)34(6,7)8/h9-19,39H,1-8H3,(H,37,38). The van der Waals surface area contributed by atoms with Gasteiger partial charge >= 0.3 is 0 Å². The van der Waals surface area contributed by atoms with Crippen LogP contribution in [0.15, 0.2) is 60.8 Å². The number of carbonyl (C=O) groups is 1. The van der Waals surface area contributed by atoms with Gasteiger partial charge in [-0.15, -0.1) is 0 Å². The molecule has 1 amide bonds. The number of fused-ring (bicyclic) bond motifs is 1. The number of carbonyl (C=O) groups excluding carboxylic acids is 1. The fourth-order valence-corrected chi connectivity index (χ4v) is 5.18. The minimum Gasteiger partial charge on any atom is -0.507 e. The van der Waals surface area contributed by atoms with Crippen LogP contribution < -0.4 is 5.32 Å². The Morgan fingerprint density at radius 2 is 1.56 bits per heavy atom. The van der Waals surface area contributed by atoms with Crippen molar-refractivity contribution >= 4 is 40.2 Å². The molecule has 39 heavy (non-hydrogen) atoms. The first-order chi connectivity index (χ1) is 18.2. The minimum absolute atomic E-state index is 0.257. The molecule has 1 aromatic heterocycles. The summed E-state index contributed by atoms with van der Waals surface area (Å²) in [6, 6.07) is 15.7. The molecule has 0 radical (unpaired) electrons. The molecule has 0 fully saturated rings. The molecule has 0 saturated carbocycles. The van der Waals surface area contributed by atoms with Crippen LogP contribution in [0.4, 0.5) is 5.69 Å². The maximum atomic E-state index is 13.2. The number of phenolic OH excluding ortho intramolecular Hbond substituents is 1. The Labute approximate surface area is 236 Å². The number of phenols is 1. The summed E-state index contributed by atoms with van der Waals surface area (Å²) in [6.07, 6.45) is 5.01. The molecule has 0 saturated heterocycles. The molecular formula is C34H37ClN2O2. The predicted octanol–water partition coefficient (Wildman–Crippen LogP) is 9.12. The first-order valence-electron chi connectivity index (χ1n) is 13.2. The van der Waals surface area contributed by atoms with Gasteiger partial charge in [0.2, 0.25) is 5.91 Å². The van der Waals surface area contributed by atoms with Gasteiger partial charge in [-0.3, -0.25) is 9.78 Å². The molecule has 0 aliphatic rings. The molecule has 4 nitrogen and oxygen atoms in total. The summed E-state index contributed by atoms with van der Waals surface area (Å²) in [5.74, 6) is 0.0327. The van der Waals surface area contributed by atoms with E-state index in [0.717, 1.165) is 49.8 Å². The second-order valence-electron chi connectivity index (χ2n) is 12.3.